The molecule has 0 radical (unpaired) electrons. The Morgan fingerprint density at radius 2 is 1.41 bits per heavy atom. The molecular weight excluding hydrogens is 356 g/mol. The second-order valence-corrected chi connectivity index (χ2v) is 7.62. The quantitative estimate of drug-likeness (QED) is 0.375. The highest BCUT2D eigenvalue weighted by Crippen LogP contribution is 2.42. The molecule has 1 atom stereocenters. The van der Waals surface area contributed by atoms with Gasteiger partial charge < -0.3 is 10.2 Å². The highest BCUT2D eigenvalue weighted by atomic mass is 16.3. The van der Waals surface area contributed by atoms with Crippen molar-refractivity contribution in [3.05, 3.63) is 119 Å². The normalized spacial score (nSPS) is 12.9. The van der Waals surface area contributed by atoms with Gasteiger partial charge in [-0.15, -0.1) is 13.2 Å². The average molecular weight is 385 g/mol. The molecule has 0 saturated carbocycles. The molecule has 0 heterocycles. The molecule has 2 N–H and O–H groups in total. The van der Waals surface area contributed by atoms with Gasteiger partial charge in [0.15, 0.2) is 0 Å². The number of aromatic hydroxyl groups is 2. The number of aryl methyl sites for hydroxylation is 1. The lowest BCUT2D eigenvalue weighted by Crippen LogP contribution is -2.26. The Bertz CT molecular complexity index is 1030. The monoisotopic (exact) mass is 384 g/mol. The summed E-state index contributed by atoms with van der Waals surface area (Å²) in [7, 11) is 0. The Morgan fingerprint density at radius 1 is 0.793 bits per heavy atom. The van der Waals surface area contributed by atoms with Gasteiger partial charge in [0.05, 0.1) is 0 Å². The van der Waals surface area contributed by atoms with Crippen molar-refractivity contribution in [1.82, 2.24) is 0 Å². The van der Waals surface area contributed by atoms with Crippen LogP contribution >= 0.6 is 0 Å². The summed E-state index contributed by atoms with van der Waals surface area (Å²) in [4.78, 5) is 0. The lowest BCUT2D eigenvalue weighted by atomic mass is 9.70. The second-order valence-electron chi connectivity index (χ2n) is 7.62. The maximum absolute atomic E-state index is 10.5. The fraction of sp³-hybridized carbons (Fsp3) is 0.185. The summed E-state index contributed by atoms with van der Waals surface area (Å²) in [6.45, 7) is 11.8. The highest BCUT2D eigenvalue weighted by Gasteiger charge is 2.32. The van der Waals surface area contributed by atoms with Crippen molar-refractivity contribution < 1.29 is 10.2 Å². The molecule has 0 fully saturated rings. The standard InChI is InChI=1S/C27H28O2/c1-5-10-20-17-23(14-15-25(20)28)27(4,22-12-8-7-9-13-22)24-16-19(3)26(29)21(18-24)11-6-2/h5-9,12-18,28-29H,1-2,10-11H2,3-4H3. The third-order valence-corrected chi connectivity index (χ3v) is 5.69. The van der Waals surface area contributed by atoms with E-state index < -0.39 is 5.41 Å². The molecule has 0 amide bonds. The maximum Gasteiger partial charge on any atom is 0.122 e. The maximum atomic E-state index is 10.5. The van der Waals surface area contributed by atoms with Gasteiger partial charge in [-0.3, -0.25) is 0 Å². The number of benzene rings is 3. The zero-order valence-corrected chi connectivity index (χ0v) is 17.2. The van der Waals surface area contributed by atoms with Crippen molar-refractivity contribution in [3.63, 3.8) is 0 Å². The smallest absolute Gasteiger partial charge is 0.122 e. The minimum Gasteiger partial charge on any atom is -0.508 e. The van der Waals surface area contributed by atoms with Crippen molar-refractivity contribution in [2.75, 3.05) is 0 Å². The first kappa shape index (κ1) is 20.5. The van der Waals surface area contributed by atoms with E-state index in [-0.39, 0.29) is 5.75 Å². The molecule has 3 aromatic carbocycles. The molecule has 2 heteroatoms. The number of phenolic OH excluding ortho intramolecular Hbond substituents is 2. The Hall–Kier alpha value is -3.26. The van der Waals surface area contributed by atoms with Gasteiger partial charge in [-0.2, -0.15) is 0 Å². The summed E-state index contributed by atoms with van der Waals surface area (Å²) in [5.74, 6) is 0.598. The van der Waals surface area contributed by atoms with E-state index in [0.29, 0.717) is 18.6 Å². The minimum absolute atomic E-state index is 0.276. The average Bonchev–Trinajstić information content (AvgIpc) is 2.73. The van der Waals surface area contributed by atoms with Crippen LogP contribution in [0.1, 0.15) is 40.3 Å². The summed E-state index contributed by atoms with van der Waals surface area (Å²) < 4.78 is 0. The largest absolute Gasteiger partial charge is 0.508 e. The molecule has 3 aromatic rings. The molecule has 0 aliphatic heterocycles. The Labute approximate surface area is 173 Å². The molecule has 2 nitrogen and oxygen atoms in total. The van der Waals surface area contributed by atoms with E-state index in [9.17, 15) is 10.2 Å². The second kappa shape index (κ2) is 8.40. The molecular formula is C27H28O2. The van der Waals surface area contributed by atoms with Crippen LogP contribution in [0.25, 0.3) is 0 Å². The molecule has 148 valence electrons. The topological polar surface area (TPSA) is 40.5 Å². The molecule has 0 aliphatic carbocycles. The van der Waals surface area contributed by atoms with Gasteiger partial charge in [-0.1, -0.05) is 66.7 Å². The summed E-state index contributed by atoms with van der Waals surface area (Å²) in [6.07, 6.45) is 4.80. The summed E-state index contributed by atoms with van der Waals surface area (Å²) in [5, 5.41) is 20.8. The van der Waals surface area contributed by atoms with Crippen LogP contribution in [0.15, 0.2) is 86.0 Å². The first-order chi connectivity index (χ1) is 13.9. The van der Waals surface area contributed by atoms with Crippen LogP contribution in [-0.2, 0) is 18.3 Å². The van der Waals surface area contributed by atoms with Crippen molar-refractivity contribution >= 4 is 0 Å². The first-order valence-corrected chi connectivity index (χ1v) is 9.84. The van der Waals surface area contributed by atoms with E-state index in [1.807, 2.05) is 31.2 Å². The summed E-state index contributed by atoms with van der Waals surface area (Å²) >= 11 is 0. The molecule has 0 aromatic heterocycles. The third kappa shape index (κ3) is 3.84. The lowest BCUT2D eigenvalue weighted by molar-refractivity contribution is 0.464. The number of hydrogen-bond donors (Lipinski definition) is 2. The van der Waals surface area contributed by atoms with E-state index in [1.165, 1.54) is 0 Å². The van der Waals surface area contributed by atoms with Crippen molar-refractivity contribution in [2.24, 2.45) is 0 Å². The molecule has 0 spiro atoms. The fourth-order valence-electron chi connectivity index (χ4n) is 3.94. The van der Waals surface area contributed by atoms with Crippen LogP contribution in [0.2, 0.25) is 0 Å². The van der Waals surface area contributed by atoms with Gasteiger partial charge in [-0.25, -0.2) is 0 Å². The van der Waals surface area contributed by atoms with E-state index in [1.54, 1.807) is 18.2 Å². The fourth-order valence-corrected chi connectivity index (χ4v) is 3.94. The number of rotatable bonds is 7. The van der Waals surface area contributed by atoms with E-state index in [2.05, 4.69) is 50.4 Å². The zero-order chi connectivity index (χ0) is 21.0. The third-order valence-electron chi connectivity index (χ3n) is 5.69. The van der Waals surface area contributed by atoms with Crippen LogP contribution in [-0.4, -0.2) is 10.2 Å². The van der Waals surface area contributed by atoms with Crippen LogP contribution < -0.4 is 0 Å². The molecule has 1 unspecified atom stereocenters. The molecule has 0 aliphatic rings. The van der Waals surface area contributed by atoms with E-state index in [0.717, 1.165) is 33.4 Å². The van der Waals surface area contributed by atoms with Gasteiger partial charge in [0.2, 0.25) is 0 Å². The zero-order valence-electron chi connectivity index (χ0n) is 17.2. The van der Waals surface area contributed by atoms with Crippen LogP contribution in [0.5, 0.6) is 11.5 Å². The predicted octanol–water partition coefficient (Wildman–Crippen LogP) is 6.22. The predicted molar refractivity (Wildman–Crippen MR) is 121 cm³/mol. The summed E-state index contributed by atoms with van der Waals surface area (Å²) in [5.41, 5.74) is 5.40. The summed E-state index contributed by atoms with van der Waals surface area (Å²) in [6, 6.07) is 20.2. The number of hydrogen-bond acceptors (Lipinski definition) is 2. The lowest BCUT2D eigenvalue weighted by Gasteiger charge is -2.33. The van der Waals surface area contributed by atoms with Crippen molar-refractivity contribution in [2.45, 2.75) is 32.1 Å². The number of allylic oxidation sites excluding steroid dienone is 2. The van der Waals surface area contributed by atoms with Gasteiger partial charge >= 0.3 is 0 Å². The van der Waals surface area contributed by atoms with E-state index >= 15 is 0 Å². The van der Waals surface area contributed by atoms with Crippen LogP contribution in [0.4, 0.5) is 0 Å². The molecule has 29 heavy (non-hydrogen) atoms. The van der Waals surface area contributed by atoms with Crippen molar-refractivity contribution in [3.8, 4) is 11.5 Å². The Morgan fingerprint density at radius 3 is 2.07 bits per heavy atom. The SMILES string of the molecule is C=CCc1cc(C(C)(c2ccccc2)c2cc(C)c(O)c(CC=C)c2)ccc1O. The van der Waals surface area contributed by atoms with Crippen molar-refractivity contribution in [1.29, 1.82) is 0 Å². The first-order valence-electron chi connectivity index (χ1n) is 9.84. The Kier molecular flexibility index (Phi) is 5.93. The molecule has 3 rings (SSSR count). The number of phenols is 2. The van der Waals surface area contributed by atoms with Crippen LogP contribution in [0.3, 0.4) is 0 Å². The van der Waals surface area contributed by atoms with Gasteiger partial charge in [0.1, 0.15) is 11.5 Å². The van der Waals surface area contributed by atoms with Crippen LogP contribution in [0, 0.1) is 6.92 Å². The van der Waals surface area contributed by atoms with E-state index in [4.69, 9.17) is 0 Å². The highest BCUT2D eigenvalue weighted by molar-refractivity contribution is 5.56. The minimum atomic E-state index is -0.459. The Balaban J connectivity index is 2.31. The van der Waals surface area contributed by atoms with Gasteiger partial charge in [-0.05, 0) is 66.1 Å². The molecule has 0 bridgehead atoms. The molecule has 0 saturated heterocycles. The van der Waals surface area contributed by atoms with Gasteiger partial charge in [0.25, 0.3) is 0 Å². The van der Waals surface area contributed by atoms with Gasteiger partial charge in [0, 0.05) is 5.41 Å².